The second kappa shape index (κ2) is 6.64. The molecule has 1 saturated heterocycles. The summed E-state index contributed by atoms with van der Waals surface area (Å²) in [5.41, 5.74) is 0.980. The van der Waals surface area contributed by atoms with Crippen LogP contribution < -0.4 is 0 Å². The molecule has 5 nitrogen and oxygen atoms in total. The van der Waals surface area contributed by atoms with Gasteiger partial charge in [-0.3, -0.25) is 9.69 Å². The number of thioether (sulfide) groups is 1. The minimum atomic E-state index is -0.734. The van der Waals surface area contributed by atoms with Gasteiger partial charge < -0.3 is 9.52 Å². The van der Waals surface area contributed by atoms with E-state index < -0.39 is 5.97 Å². The van der Waals surface area contributed by atoms with Gasteiger partial charge in [0, 0.05) is 36.0 Å². The lowest BCUT2D eigenvalue weighted by Gasteiger charge is -2.33. The Morgan fingerprint density at radius 3 is 3.24 bits per heavy atom. The molecule has 1 atom stereocenters. The van der Waals surface area contributed by atoms with Gasteiger partial charge >= 0.3 is 5.97 Å². The highest BCUT2D eigenvalue weighted by Crippen LogP contribution is 2.26. The van der Waals surface area contributed by atoms with Crippen LogP contribution >= 0.6 is 23.1 Å². The molecule has 0 amide bonds. The van der Waals surface area contributed by atoms with Crippen LogP contribution in [0.4, 0.5) is 0 Å². The van der Waals surface area contributed by atoms with Crippen LogP contribution in [0.15, 0.2) is 28.2 Å². The van der Waals surface area contributed by atoms with Crippen molar-refractivity contribution in [1.29, 1.82) is 0 Å². The summed E-state index contributed by atoms with van der Waals surface area (Å²) >= 11 is 3.38. The molecular formula is C14H16N2O3S2. The van der Waals surface area contributed by atoms with E-state index >= 15 is 0 Å². The topological polar surface area (TPSA) is 66.6 Å². The third-order valence-corrected chi connectivity index (χ3v) is 5.41. The van der Waals surface area contributed by atoms with E-state index in [1.165, 1.54) is 0 Å². The largest absolute Gasteiger partial charge is 0.481 e. The van der Waals surface area contributed by atoms with Gasteiger partial charge in [0.25, 0.3) is 0 Å². The molecular weight excluding hydrogens is 308 g/mol. The first-order valence-corrected chi connectivity index (χ1v) is 8.77. The number of aromatic nitrogens is 1. The summed E-state index contributed by atoms with van der Waals surface area (Å²) in [6, 6.07) is 3.84. The predicted octanol–water partition coefficient (Wildman–Crippen LogP) is 2.80. The standard InChI is InChI=1S/C14H16N2O3S2/c17-13(18)6-11-9-20-5-3-16(11)7-10-8-21-14(15-10)12-2-1-4-19-12/h1-2,4,8,11H,3,5-7,9H2,(H,17,18). The number of furan rings is 1. The zero-order valence-electron chi connectivity index (χ0n) is 11.4. The molecule has 1 N–H and O–H groups in total. The number of aliphatic carboxylic acids is 1. The molecule has 1 aliphatic heterocycles. The monoisotopic (exact) mass is 324 g/mol. The van der Waals surface area contributed by atoms with Crippen molar-refractivity contribution in [2.45, 2.75) is 19.0 Å². The number of hydrogen-bond donors (Lipinski definition) is 1. The van der Waals surface area contributed by atoms with Gasteiger partial charge in [-0.25, -0.2) is 4.98 Å². The van der Waals surface area contributed by atoms with E-state index in [1.807, 2.05) is 29.3 Å². The lowest BCUT2D eigenvalue weighted by atomic mass is 10.2. The Balaban J connectivity index is 1.68. The molecule has 0 spiro atoms. The van der Waals surface area contributed by atoms with Crippen molar-refractivity contribution in [2.75, 3.05) is 18.1 Å². The molecule has 0 aliphatic carbocycles. The highest BCUT2D eigenvalue weighted by atomic mass is 32.2. The number of nitrogens with zero attached hydrogens (tertiary/aromatic N) is 2. The molecule has 21 heavy (non-hydrogen) atoms. The molecule has 2 aromatic rings. The van der Waals surface area contributed by atoms with E-state index in [9.17, 15) is 4.79 Å². The molecule has 3 heterocycles. The summed E-state index contributed by atoms with van der Waals surface area (Å²) in [5.74, 6) is 1.97. The van der Waals surface area contributed by atoms with Gasteiger partial charge in [0.05, 0.1) is 18.4 Å². The quantitative estimate of drug-likeness (QED) is 0.912. The Labute approximate surface area is 131 Å². The minimum absolute atomic E-state index is 0.0926. The van der Waals surface area contributed by atoms with Crippen molar-refractivity contribution in [3.05, 3.63) is 29.5 Å². The van der Waals surface area contributed by atoms with E-state index in [2.05, 4.69) is 9.88 Å². The van der Waals surface area contributed by atoms with E-state index in [-0.39, 0.29) is 12.5 Å². The number of carboxylic acids is 1. The second-order valence-electron chi connectivity index (χ2n) is 4.92. The summed E-state index contributed by atoms with van der Waals surface area (Å²) in [6.45, 7) is 1.62. The molecule has 1 unspecified atom stereocenters. The second-order valence-corrected chi connectivity index (χ2v) is 6.93. The average Bonchev–Trinajstić information content (AvgIpc) is 3.11. The van der Waals surface area contributed by atoms with Gasteiger partial charge in [-0.1, -0.05) is 0 Å². The van der Waals surface area contributed by atoms with E-state index in [0.29, 0.717) is 6.54 Å². The molecule has 0 aromatic carbocycles. The van der Waals surface area contributed by atoms with E-state index in [4.69, 9.17) is 9.52 Å². The van der Waals surface area contributed by atoms with Crippen LogP contribution in [0.5, 0.6) is 0 Å². The maximum absolute atomic E-state index is 11.0. The molecule has 1 fully saturated rings. The molecule has 112 valence electrons. The summed E-state index contributed by atoms with van der Waals surface area (Å²) < 4.78 is 5.35. The third-order valence-electron chi connectivity index (χ3n) is 3.41. The maximum atomic E-state index is 11.0. The smallest absolute Gasteiger partial charge is 0.304 e. The van der Waals surface area contributed by atoms with Crippen LogP contribution in [-0.2, 0) is 11.3 Å². The zero-order valence-corrected chi connectivity index (χ0v) is 13.0. The van der Waals surface area contributed by atoms with Crippen molar-refractivity contribution < 1.29 is 14.3 Å². The normalized spacial score (nSPS) is 19.7. The first kappa shape index (κ1) is 14.6. The Hall–Kier alpha value is -1.31. The van der Waals surface area contributed by atoms with Gasteiger partial charge in [0.1, 0.15) is 0 Å². The summed E-state index contributed by atoms with van der Waals surface area (Å²) in [6.07, 6.45) is 1.84. The van der Waals surface area contributed by atoms with Crippen molar-refractivity contribution in [3.8, 4) is 10.8 Å². The number of carbonyl (C=O) groups is 1. The number of carboxylic acid groups (broad SMARTS) is 1. The zero-order chi connectivity index (χ0) is 14.7. The number of thiazole rings is 1. The van der Waals surface area contributed by atoms with Crippen LogP contribution in [-0.4, -0.2) is 45.1 Å². The first-order chi connectivity index (χ1) is 10.2. The molecule has 0 radical (unpaired) electrons. The fourth-order valence-electron chi connectivity index (χ4n) is 2.39. The van der Waals surface area contributed by atoms with Gasteiger partial charge in [-0.15, -0.1) is 11.3 Å². The predicted molar refractivity (Wildman–Crippen MR) is 83.6 cm³/mol. The number of hydrogen-bond acceptors (Lipinski definition) is 6. The summed E-state index contributed by atoms with van der Waals surface area (Å²) in [4.78, 5) is 17.8. The Kier molecular flexibility index (Phi) is 4.62. The summed E-state index contributed by atoms with van der Waals surface area (Å²) in [7, 11) is 0. The SMILES string of the molecule is O=C(O)CC1CSCCN1Cc1csc(-c2ccco2)n1. The lowest BCUT2D eigenvalue weighted by Crippen LogP contribution is -2.43. The Morgan fingerprint density at radius 2 is 2.48 bits per heavy atom. The molecule has 3 rings (SSSR count). The maximum Gasteiger partial charge on any atom is 0.304 e. The summed E-state index contributed by atoms with van der Waals surface area (Å²) in [5, 5.41) is 11.9. The van der Waals surface area contributed by atoms with Gasteiger partial charge in [0.2, 0.25) is 0 Å². The van der Waals surface area contributed by atoms with E-state index in [0.717, 1.165) is 34.5 Å². The minimum Gasteiger partial charge on any atom is -0.481 e. The fraction of sp³-hybridized carbons (Fsp3) is 0.429. The Bertz CT molecular complexity index is 597. The molecule has 0 saturated carbocycles. The lowest BCUT2D eigenvalue weighted by molar-refractivity contribution is -0.138. The van der Waals surface area contributed by atoms with Crippen LogP contribution in [0.2, 0.25) is 0 Å². The van der Waals surface area contributed by atoms with Crippen LogP contribution in [0, 0.1) is 0 Å². The van der Waals surface area contributed by atoms with Crippen molar-refractivity contribution in [2.24, 2.45) is 0 Å². The average molecular weight is 324 g/mol. The van der Waals surface area contributed by atoms with Crippen molar-refractivity contribution in [1.82, 2.24) is 9.88 Å². The van der Waals surface area contributed by atoms with Crippen LogP contribution in [0.25, 0.3) is 10.8 Å². The highest BCUT2D eigenvalue weighted by Gasteiger charge is 2.25. The van der Waals surface area contributed by atoms with Gasteiger partial charge in [-0.05, 0) is 12.1 Å². The fourth-order valence-corrected chi connectivity index (χ4v) is 4.30. The van der Waals surface area contributed by atoms with Gasteiger partial charge in [-0.2, -0.15) is 11.8 Å². The van der Waals surface area contributed by atoms with Crippen LogP contribution in [0.1, 0.15) is 12.1 Å². The van der Waals surface area contributed by atoms with Crippen LogP contribution in [0.3, 0.4) is 0 Å². The van der Waals surface area contributed by atoms with E-state index in [1.54, 1.807) is 17.6 Å². The molecule has 7 heteroatoms. The molecule has 1 aliphatic rings. The highest BCUT2D eigenvalue weighted by molar-refractivity contribution is 7.99. The van der Waals surface area contributed by atoms with Crippen molar-refractivity contribution >= 4 is 29.1 Å². The number of rotatable bonds is 5. The van der Waals surface area contributed by atoms with Gasteiger partial charge in [0.15, 0.2) is 10.8 Å². The van der Waals surface area contributed by atoms with Crippen molar-refractivity contribution in [3.63, 3.8) is 0 Å². The molecule has 0 bridgehead atoms. The third kappa shape index (κ3) is 3.66. The first-order valence-electron chi connectivity index (χ1n) is 6.74. The molecule has 2 aromatic heterocycles. The Morgan fingerprint density at radius 1 is 1.57 bits per heavy atom.